The van der Waals surface area contributed by atoms with Crippen LogP contribution in [0.2, 0.25) is 0 Å². The van der Waals surface area contributed by atoms with Crippen LogP contribution in [0.4, 0.5) is 10.5 Å². The Morgan fingerprint density at radius 3 is 2.44 bits per heavy atom. The highest BCUT2D eigenvalue weighted by Gasteiger charge is 2.37. The second-order valence-corrected chi connectivity index (χ2v) is 12.9. The lowest BCUT2D eigenvalue weighted by Gasteiger charge is -2.37. The number of rotatable bonds is 6. The molecular weight excluding hydrogens is 606 g/mol. The van der Waals surface area contributed by atoms with Gasteiger partial charge in [-0.3, -0.25) is 14.3 Å². The van der Waals surface area contributed by atoms with Crippen LogP contribution in [0, 0.1) is 18.8 Å². The number of phenols is 1. The fraction of sp³-hybridized carbons (Fsp3) is 0.316. The molecular formula is C38H41N5O5. The zero-order valence-electron chi connectivity index (χ0n) is 27.9. The summed E-state index contributed by atoms with van der Waals surface area (Å²) in [5, 5.41) is 20.6. The molecule has 1 aromatic heterocycles. The van der Waals surface area contributed by atoms with Gasteiger partial charge in [0.25, 0.3) is 5.91 Å². The van der Waals surface area contributed by atoms with Gasteiger partial charge >= 0.3 is 6.09 Å². The molecule has 1 aliphatic rings. The number of aryl methyl sites for hydroxylation is 2. The van der Waals surface area contributed by atoms with Crippen molar-refractivity contribution in [3.8, 4) is 28.8 Å². The largest absolute Gasteiger partial charge is 0.507 e. The van der Waals surface area contributed by atoms with Gasteiger partial charge in [-0.05, 0) is 88.9 Å². The smallest absolute Gasteiger partial charge is 0.408 e. The second kappa shape index (κ2) is 14.5. The van der Waals surface area contributed by atoms with Crippen molar-refractivity contribution in [1.29, 1.82) is 0 Å². The van der Waals surface area contributed by atoms with Gasteiger partial charge in [0.15, 0.2) is 0 Å². The van der Waals surface area contributed by atoms with Crippen LogP contribution < -0.4 is 10.6 Å². The number of aromatic hydroxyl groups is 1. The molecule has 3 amide bonds. The van der Waals surface area contributed by atoms with Crippen molar-refractivity contribution < 1.29 is 24.2 Å². The van der Waals surface area contributed by atoms with Gasteiger partial charge in [-0.15, -0.1) is 0 Å². The number of carbonyl (C=O) groups is 3. The van der Waals surface area contributed by atoms with Crippen LogP contribution in [0.1, 0.15) is 68.3 Å². The number of hydrogen-bond donors (Lipinski definition) is 3. The van der Waals surface area contributed by atoms with Crippen molar-refractivity contribution in [3.63, 3.8) is 0 Å². The van der Waals surface area contributed by atoms with E-state index in [1.54, 1.807) is 86.1 Å². The summed E-state index contributed by atoms with van der Waals surface area (Å²) in [6.45, 7) is 7.61. The Morgan fingerprint density at radius 1 is 1.00 bits per heavy atom. The molecule has 2 heterocycles. The number of likely N-dealkylation sites (tertiary alicyclic amines) is 1. The number of alkyl carbamates (subject to hydrolysis) is 1. The molecule has 3 aromatic carbocycles. The quantitative estimate of drug-likeness (QED) is 0.218. The van der Waals surface area contributed by atoms with Crippen molar-refractivity contribution in [2.24, 2.45) is 7.05 Å². The van der Waals surface area contributed by atoms with Crippen LogP contribution in [-0.2, 0) is 21.4 Å². The summed E-state index contributed by atoms with van der Waals surface area (Å²) < 4.78 is 7.11. The van der Waals surface area contributed by atoms with Gasteiger partial charge < -0.3 is 25.4 Å². The van der Waals surface area contributed by atoms with E-state index in [-0.39, 0.29) is 17.6 Å². The molecule has 10 heteroatoms. The first-order valence-electron chi connectivity index (χ1n) is 16.0. The van der Waals surface area contributed by atoms with E-state index < -0.39 is 23.8 Å². The fourth-order valence-electron chi connectivity index (χ4n) is 5.61. The number of amides is 3. The van der Waals surface area contributed by atoms with Gasteiger partial charge in [0, 0.05) is 36.6 Å². The van der Waals surface area contributed by atoms with Crippen LogP contribution >= 0.6 is 0 Å². The SMILES string of the molecule is Cc1ccc(O)c(-c2nn(C)cc2C#Cc2ccc(NC(=O)C3CCCCN3C(=O)C(NC(=O)OC(C)(C)C)c3ccccc3)cc2)c1. The molecule has 0 saturated carbocycles. The van der Waals surface area contributed by atoms with Crippen LogP contribution in [0.25, 0.3) is 11.3 Å². The molecule has 1 aliphatic heterocycles. The van der Waals surface area contributed by atoms with Gasteiger partial charge in [-0.25, -0.2) is 4.79 Å². The zero-order chi connectivity index (χ0) is 34.4. The minimum atomic E-state index is -1.01. The van der Waals surface area contributed by atoms with Crippen LogP contribution in [0.15, 0.2) is 79.0 Å². The summed E-state index contributed by atoms with van der Waals surface area (Å²) in [6, 6.07) is 19.8. The van der Waals surface area contributed by atoms with Crippen molar-refractivity contribution in [1.82, 2.24) is 20.0 Å². The third kappa shape index (κ3) is 8.42. The number of nitrogens with zero attached hydrogens (tertiary/aromatic N) is 3. The Balaban J connectivity index is 1.30. The maximum atomic E-state index is 14.0. The highest BCUT2D eigenvalue weighted by atomic mass is 16.6. The molecule has 1 saturated heterocycles. The van der Waals surface area contributed by atoms with E-state index >= 15 is 0 Å². The highest BCUT2D eigenvalue weighted by Crippen LogP contribution is 2.31. The molecule has 48 heavy (non-hydrogen) atoms. The highest BCUT2D eigenvalue weighted by molar-refractivity contribution is 5.98. The number of ether oxygens (including phenoxy) is 1. The van der Waals surface area contributed by atoms with Crippen LogP contribution in [-0.4, -0.2) is 55.9 Å². The first-order valence-corrected chi connectivity index (χ1v) is 16.0. The predicted octanol–water partition coefficient (Wildman–Crippen LogP) is 6.09. The average Bonchev–Trinajstić information content (AvgIpc) is 3.43. The normalized spacial score (nSPS) is 15.1. The van der Waals surface area contributed by atoms with Crippen LogP contribution in [0.5, 0.6) is 5.75 Å². The Hall–Kier alpha value is -5.56. The standard InChI is InChI=1S/C38H41N5O5/c1-25-14-21-32(44)30(23-25)33-28(24-42(5)41-33)18-15-26-16-19-29(20-17-26)39-35(45)31-13-9-10-22-43(31)36(46)34(27-11-7-6-8-12-27)40-37(47)48-38(2,3)4/h6-8,11-12,14,16-17,19-21,23-24,31,34,44H,9-10,13,22H2,1-5H3,(H,39,45)(H,40,47). The van der Waals surface area contributed by atoms with E-state index in [4.69, 9.17) is 4.74 Å². The third-order valence-corrected chi connectivity index (χ3v) is 7.86. The van der Waals surface area contributed by atoms with Crippen LogP contribution in [0.3, 0.4) is 0 Å². The summed E-state index contributed by atoms with van der Waals surface area (Å²) in [5.74, 6) is 5.77. The number of benzene rings is 3. The van der Waals surface area contributed by atoms with E-state index in [9.17, 15) is 19.5 Å². The first kappa shape index (κ1) is 33.8. The molecule has 10 nitrogen and oxygen atoms in total. The number of carbonyl (C=O) groups excluding carboxylic acids is 3. The van der Waals surface area contributed by atoms with E-state index in [1.165, 1.54) is 0 Å². The molecule has 1 fully saturated rings. The third-order valence-electron chi connectivity index (χ3n) is 7.86. The summed E-state index contributed by atoms with van der Waals surface area (Å²) in [5.41, 5.74) is 4.04. The molecule has 5 rings (SSSR count). The molecule has 0 spiro atoms. The predicted molar refractivity (Wildman–Crippen MR) is 184 cm³/mol. The Kier molecular flexibility index (Phi) is 10.2. The number of hydrogen-bond acceptors (Lipinski definition) is 6. The molecule has 248 valence electrons. The number of nitrogens with one attached hydrogen (secondary N) is 2. The molecule has 0 radical (unpaired) electrons. The maximum Gasteiger partial charge on any atom is 0.408 e. The minimum absolute atomic E-state index is 0.135. The maximum absolute atomic E-state index is 14.0. The monoisotopic (exact) mass is 647 g/mol. The van der Waals surface area contributed by atoms with Gasteiger partial charge in [-0.2, -0.15) is 5.10 Å². The number of aromatic nitrogens is 2. The Morgan fingerprint density at radius 2 is 1.73 bits per heavy atom. The lowest BCUT2D eigenvalue weighted by molar-refractivity contribution is -0.142. The Bertz CT molecular complexity index is 1850. The van der Waals surface area contributed by atoms with E-state index in [0.717, 1.165) is 24.0 Å². The Labute approximate surface area is 281 Å². The summed E-state index contributed by atoms with van der Waals surface area (Å²) in [6.07, 6.45) is 3.14. The van der Waals surface area contributed by atoms with Crippen molar-refractivity contribution in [2.75, 3.05) is 11.9 Å². The second-order valence-electron chi connectivity index (χ2n) is 12.9. The number of phenolic OH excluding ortho intramolecular Hbond substituents is 1. The molecule has 2 unspecified atom stereocenters. The average molecular weight is 648 g/mol. The molecule has 0 aliphatic carbocycles. The minimum Gasteiger partial charge on any atom is -0.507 e. The van der Waals surface area contributed by atoms with E-state index in [2.05, 4.69) is 27.6 Å². The first-order chi connectivity index (χ1) is 22.9. The van der Waals surface area contributed by atoms with Gasteiger partial charge in [0.2, 0.25) is 5.91 Å². The van der Waals surface area contributed by atoms with Gasteiger partial charge in [-0.1, -0.05) is 53.8 Å². The van der Waals surface area contributed by atoms with E-state index in [1.807, 2.05) is 37.3 Å². The fourth-order valence-corrected chi connectivity index (χ4v) is 5.61. The lowest BCUT2D eigenvalue weighted by atomic mass is 9.98. The topological polar surface area (TPSA) is 126 Å². The molecule has 0 bridgehead atoms. The molecule has 4 aromatic rings. The number of anilines is 1. The molecule has 2 atom stereocenters. The van der Waals surface area contributed by atoms with Gasteiger partial charge in [0.1, 0.15) is 29.1 Å². The lowest BCUT2D eigenvalue weighted by Crippen LogP contribution is -2.53. The van der Waals surface area contributed by atoms with Crippen molar-refractivity contribution in [3.05, 3.63) is 101 Å². The van der Waals surface area contributed by atoms with Crippen molar-refractivity contribution >= 4 is 23.6 Å². The summed E-state index contributed by atoms with van der Waals surface area (Å²) >= 11 is 0. The zero-order valence-corrected chi connectivity index (χ0v) is 27.9. The summed E-state index contributed by atoms with van der Waals surface area (Å²) in [4.78, 5) is 41.9. The van der Waals surface area contributed by atoms with Crippen molar-refractivity contribution in [2.45, 2.75) is 64.6 Å². The molecule has 3 N–H and O–H groups in total. The number of piperidine rings is 1. The van der Waals surface area contributed by atoms with Gasteiger partial charge in [0.05, 0.1) is 5.56 Å². The summed E-state index contributed by atoms with van der Waals surface area (Å²) in [7, 11) is 1.80. The van der Waals surface area contributed by atoms with E-state index in [0.29, 0.717) is 41.0 Å².